The molecule has 5 rings (SSSR count). The second kappa shape index (κ2) is 9.36. The lowest BCUT2D eigenvalue weighted by Gasteiger charge is -2.33. The molecule has 4 N–H and O–H groups in total. The highest BCUT2D eigenvalue weighted by Crippen LogP contribution is 2.27. The van der Waals surface area contributed by atoms with Gasteiger partial charge in [-0.25, -0.2) is 13.4 Å². The lowest BCUT2D eigenvalue weighted by atomic mass is 10.1. The molecule has 35 heavy (non-hydrogen) atoms. The van der Waals surface area contributed by atoms with Crippen LogP contribution in [0, 0.1) is 0 Å². The minimum absolute atomic E-state index is 0.0732. The summed E-state index contributed by atoms with van der Waals surface area (Å²) in [6.07, 6.45) is 0.430. The van der Waals surface area contributed by atoms with Crippen LogP contribution in [0.4, 0.5) is 0 Å². The van der Waals surface area contributed by atoms with Crippen molar-refractivity contribution in [3.63, 3.8) is 0 Å². The van der Waals surface area contributed by atoms with E-state index >= 15 is 0 Å². The molecule has 1 fully saturated rings. The zero-order valence-electron chi connectivity index (χ0n) is 18.5. The van der Waals surface area contributed by atoms with Crippen LogP contribution in [0.1, 0.15) is 20.4 Å². The van der Waals surface area contributed by atoms with E-state index in [1.165, 1.54) is 15.6 Å². The number of aromatic nitrogens is 1. The summed E-state index contributed by atoms with van der Waals surface area (Å²) in [4.78, 5) is 20.4. The molecule has 2 aliphatic heterocycles. The maximum Gasteiger partial charge on any atom is 0.282 e. The van der Waals surface area contributed by atoms with E-state index < -0.39 is 10.0 Å². The van der Waals surface area contributed by atoms with E-state index in [2.05, 4.69) is 15.5 Å². The van der Waals surface area contributed by atoms with Crippen LogP contribution >= 0.6 is 22.9 Å². The van der Waals surface area contributed by atoms with Crippen molar-refractivity contribution in [3.8, 4) is 0 Å². The summed E-state index contributed by atoms with van der Waals surface area (Å²) < 4.78 is 27.9. The molecule has 10 nitrogen and oxygen atoms in total. The molecule has 3 aromatic rings. The summed E-state index contributed by atoms with van der Waals surface area (Å²) in [6.45, 7) is 1.42. The number of carbonyl (C=O) groups excluding carboxylic acids is 1. The minimum Gasteiger partial charge on any atom is -0.409 e. The van der Waals surface area contributed by atoms with E-state index in [0.717, 1.165) is 21.3 Å². The number of fused-ring (bicyclic) bond motifs is 2. The average molecular weight is 535 g/mol. The number of piperazine rings is 1. The van der Waals surface area contributed by atoms with Crippen LogP contribution < -0.4 is 11.1 Å². The molecule has 0 saturated carbocycles. The summed E-state index contributed by atoms with van der Waals surface area (Å²) in [5, 5.41) is 17.7. The largest absolute Gasteiger partial charge is 0.409 e. The van der Waals surface area contributed by atoms with Gasteiger partial charge >= 0.3 is 0 Å². The van der Waals surface area contributed by atoms with Gasteiger partial charge in [-0.3, -0.25) is 4.79 Å². The Kier molecular flexibility index (Phi) is 6.40. The quantitative estimate of drug-likeness (QED) is 0.201. The second-order valence-electron chi connectivity index (χ2n) is 8.40. The second-order valence-corrected chi connectivity index (χ2v) is 11.9. The topological polar surface area (TPSA) is 141 Å². The first-order valence-electron chi connectivity index (χ1n) is 10.9. The zero-order chi connectivity index (χ0) is 24.7. The molecule has 2 aromatic carbocycles. The summed E-state index contributed by atoms with van der Waals surface area (Å²) in [5.41, 5.74) is 6.45. The van der Waals surface area contributed by atoms with Crippen molar-refractivity contribution in [2.24, 2.45) is 10.9 Å². The number of amidine groups is 1. The maximum absolute atomic E-state index is 13.2. The summed E-state index contributed by atoms with van der Waals surface area (Å²) in [5.74, 6) is -0.145. The molecule has 0 bridgehead atoms. The van der Waals surface area contributed by atoms with Crippen LogP contribution in [-0.4, -0.2) is 71.8 Å². The Hall–Kier alpha value is -2.77. The highest BCUT2D eigenvalue weighted by Gasteiger charge is 2.33. The number of halogens is 1. The lowest BCUT2D eigenvalue weighted by Crippen LogP contribution is -2.50. The SMILES string of the molecule is NC(=NO)C1Cc2nc(C(=O)N3CCN(S(=O)(=O)c4ccc5cc(Cl)ccc5c4)CC3)sc2CN1. The molecule has 1 unspecified atom stereocenters. The third kappa shape index (κ3) is 4.59. The standard InChI is InChI=1S/C22H23ClN6O4S2/c23-15-3-1-14-10-16(4-2-13(14)9-15)35(32,33)29-7-5-28(6-8-29)22(30)21-26-17-11-18(20(24)27-31)25-12-19(17)34-21/h1-4,9-10,18,25,31H,5-8,11-12H2,(H2,24,27). The first kappa shape index (κ1) is 23.9. The van der Waals surface area contributed by atoms with Crippen molar-refractivity contribution in [1.29, 1.82) is 0 Å². The molecule has 0 spiro atoms. The van der Waals surface area contributed by atoms with Gasteiger partial charge in [-0.15, -0.1) is 11.3 Å². The number of nitrogens with two attached hydrogens (primary N) is 1. The third-order valence-electron chi connectivity index (χ3n) is 6.28. The van der Waals surface area contributed by atoms with E-state index in [1.54, 1.807) is 41.3 Å². The average Bonchev–Trinajstić information content (AvgIpc) is 3.31. The summed E-state index contributed by atoms with van der Waals surface area (Å²) >= 11 is 7.34. The highest BCUT2D eigenvalue weighted by molar-refractivity contribution is 7.89. The number of amides is 1. The fraction of sp³-hybridized carbons (Fsp3) is 0.318. The number of nitrogens with zero attached hydrogens (tertiary/aromatic N) is 4. The molecule has 1 amide bonds. The molecule has 0 aliphatic carbocycles. The number of sulfonamides is 1. The normalized spacial score (nSPS) is 19.6. The first-order chi connectivity index (χ1) is 16.8. The maximum atomic E-state index is 13.2. The van der Waals surface area contributed by atoms with Gasteiger partial charge in [0.15, 0.2) is 10.8 Å². The van der Waals surface area contributed by atoms with E-state index in [1.807, 2.05) is 0 Å². The lowest BCUT2D eigenvalue weighted by molar-refractivity contribution is 0.0697. The Morgan fingerprint density at radius 1 is 1.17 bits per heavy atom. The molecule has 184 valence electrons. The summed E-state index contributed by atoms with van der Waals surface area (Å²) in [6, 6.07) is 9.96. The fourth-order valence-electron chi connectivity index (χ4n) is 4.30. The number of hydrogen-bond donors (Lipinski definition) is 3. The number of oxime groups is 1. The molecule has 1 atom stereocenters. The van der Waals surface area contributed by atoms with Gasteiger partial charge in [0.1, 0.15) is 0 Å². The van der Waals surface area contributed by atoms with E-state index in [0.29, 0.717) is 23.0 Å². The summed E-state index contributed by atoms with van der Waals surface area (Å²) in [7, 11) is -3.70. The molecule has 3 heterocycles. The number of nitrogens with one attached hydrogen (secondary N) is 1. The Balaban J connectivity index is 1.26. The smallest absolute Gasteiger partial charge is 0.282 e. The Morgan fingerprint density at radius 2 is 1.89 bits per heavy atom. The van der Waals surface area contributed by atoms with Crippen LogP contribution in [0.5, 0.6) is 0 Å². The molecule has 0 radical (unpaired) electrons. The molecule has 1 aromatic heterocycles. The van der Waals surface area contributed by atoms with Crippen molar-refractivity contribution >= 4 is 55.5 Å². The van der Waals surface area contributed by atoms with Gasteiger partial charge in [0.2, 0.25) is 10.0 Å². The number of hydrogen-bond acceptors (Lipinski definition) is 8. The van der Waals surface area contributed by atoms with Crippen LogP contribution in [0.15, 0.2) is 46.4 Å². The van der Waals surface area contributed by atoms with Gasteiger partial charge in [-0.1, -0.05) is 28.9 Å². The van der Waals surface area contributed by atoms with Gasteiger partial charge in [0.25, 0.3) is 5.91 Å². The Morgan fingerprint density at radius 3 is 2.63 bits per heavy atom. The number of benzene rings is 2. The van der Waals surface area contributed by atoms with Gasteiger partial charge in [-0.2, -0.15) is 4.31 Å². The van der Waals surface area contributed by atoms with Crippen LogP contribution in [-0.2, 0) is 23.0 Å². The van der Waals surface area contributed by atoms with E-state index in [-0.39, 0.29) is 48.9 Å². The molecular formula is C22H23ClN6O4S2. The molecule has 2 aliphatic rings. The number of thiazole rings is 1. The minimum atomic E-state index is -3.70. The van der Waals surface area contributed by atoms with Crippen molar-refractivity contribution < 1.29 is 18.4 Å². The van der Waals surface area contributed by atoms with Crippen molar-refractivity contribution in [2.75, 3.05) is 26.2 Å². The van der Waals surface area contributed by atoms with Gasteiger partial charge < -0.3 is 21.2 Å². The monoisotopic (exact) mass is 534 g/mol. The van der Waals surface area contributed by atoms with Gasteiger partial charge in [0, 0.05) is 49.0 Å². The zero-order valence-corrected chi connectivity index (χ0v) is 20.9. The van der Waals surface area contributed by atoms with Crippen molar-refractivity contribution in [3.05, 3.63) is 57.0 Å². The predicted octanol–water partition coefficient (Wildman–Crippen LogP) is 1.86. The van der Waals surface area contributed by atoms with Crippen LogP contribution in [0.25, 0.3) is 10.8 Å². The van der Waals surface area contributed by atoms with Crippen LogP contribution in [0.2, 0.25) is 5.02 Å². The van der Waals surface area contributed by atoms with Crippen LogP contribution in [0.3, 0.4) is 0 Å². The van der Waals surface area contributed by atoms with E-state index in [4.69, 9.17) is 22.5 Å². The molecule has 13 heteroatoms. The Labute approximate surface area is 211 Å². The predicted molar refractivity (Wildman–Crippen MR) is 133 cm³/mol. The third-order valence-corrected chi connectivity index (χ3v) is 9.49. The van der Waals surface area contributed by atoms with Gasteiger partial charge in [-0.05, 0) is 35.0 Å². The molecule has 1 saturated heterocycles. The van der Waals surface area contributed by atoms with Crippen molar-refractivity contribution in [2.45, 2.75) is 23.9 Å². The van der Waals surface area contributed by atoms with E-state index in [9.17, 15) is 13.2 Å². The fourth-order valence-corrected chi connectivity index (χ4v) is 6.95. The Bertz CT molecular complexity index is 1430. The number of carbonyl (C=O) groups is 1. The molecular weight excluding hydrogens is 512 g/mol. The van der Waals surface area contributed by atoms with Crippen molar-refractivity contribution in [1.82, 2.24) is 19.5 Å². The highest BCUT2D eigenvalue weighted by atomic mass is 35.5. The number of rotatable bonds is 4. The van der Waals surface area contributed by atoms with Gasteiger partial charge in [0.05, 0.1) is 16.6 Å². The first-order valence-corrected chi connectivity index (χ1v) is 13.6.